The summed E-state index contributed by atoms with van der Waals surface area (Å²) in [5.41, 5.74) is 1.77. The van der Waals surface area contributed by atoms with Crippen LogP contribution in [0.4, 0.5) is 4.39 Å². The first kappa shape index (κ1) is 17.1. The minimum atomic E-state index is -0.315. The Morgan fingerprint density at radius 2 is 2.00 bits per heavy atom. The molecule has 1 saturated heterocycles. The zero-order valence-electron chi connectivity index (χ0n) is 14.5. The van der Waals surface area contributed by atoms with Crippen LogP contribution in [-0.4, -0.2) is 45.1 Å². The molecule has 132 valence electrons. The monoisotopic (exact) mass is 344 g/mol. The second-order valence-electron chi connectivity index (χ2n) is 6.56. The standard InChI is InChI=1S/C18H21FN4O2/c1-11(2)23-10-14(8-17(23)24)20-18(25)15-9-16(22(3)21-15)12-4-6-13(19)7-5-12/h4-7,9,11,14H,8,10H2,1-3H3,(H,20,25). The Hall–Kier alpha value is -2.70. The van der Waals surface area contributed by atoms with Crippen LogP contribution in [0.25, 0.3) is 11.3 Å². The Balaban J connectivity index is 1.72. The molecule has 0 radical (unpaired) electrons. The van der Waals surface area contributed by atoms with Crippen molar-refractivity contribution in [3.8, 4) is 11.3 Å². The van der Waals surface area contributed by atoms with Crippen LogP contribution < -0.4 is 5.32 Å². The maximum absolute atomic E-state index is 13.1. The number of nitrogens with one attached hydrogen (secondary N) is 1. The van der Waals surface area contributed by atoms with Gasteiger partial charge in [0.15, 0.2) is 5.69 Å². The van der Waals surface area contributed by atoms with Gasteiger partial charge in [-0.25, -0.2) is 4.39 Å². The van der Waals surface area contributed by atoms with Gasteiger partial charge < -0.3 is 10.2 Å². The van der Waals surface area contributed by atoms with Gasteiger partial charge in [-0.2, -0.15) is 5.10 Å². The summed E-state index contributed by atoms with van der Waals surface area (Å²) in [6.45, 7) is 4.42. The van der Waals surface area contributed by atoms with Gasteiger partial charge in [-0.1, -0.05) is 0 Å². The summed E-state index contributed by atoms with van der Waals surface area (Å²) < 4.78 is 14.7. The van der Waals surface area contributed by atoms with Gasteiger partial charge in [0.05, 0.1) is 11.7 Å². The van der Waals surface area contributed by atoms with E-state index in [0.717, 1.165) is 11.3 Å². The van der Waals surface area contributed by atoms with E-state index in [9.17, 15) is 14.0 Å². The summed E-state index contributed by atoms with van der Waals surface area (Å²) in [5, 5.41) is 7.11. The Kier molecular flexibility index (Phi) is 4.57. The van der Waals surface area contributed by atoms with E-state index < -0.39 is 0 Å². The van der Waals surface area contributed by atoms with Crippen LogP contribution in [0.2, 0.25) is 0 Å². The fraction of sp³-hybridized carbons (Fsp3) is 0.389. The molecule has 1 fully saturated rings. The van der Waals surface area contributed by atoms with Crippen LogP contribution in [0, 0.1) is 5.82 Å². The molecule has 2 heterocycles. The molecule has 2 aromatic rings. The van der Waals surface area contributed by atoms with Crippen LogP contribution in [0.15, 0.2) is 30.3 Å². The van der Waals surface area contributed by atoms with Gasteiger partial charge in [0, 0.05) is 26.1 Å². The Bertz CT molecular complexity index is 798. The van der Waals surface area contributed by atoms with E-state index in [1.165, 1.54) is 12.1 Å². The number of carbonyl (C=O) groups is 2. The molecule has 0 saturated carbocycles. The first-order chi connectivity index (χ1) is 11.8. The maximum Gasteiger partial charge on any atom is 0.272 e. The molecule has 7 heteroatoms. The van der Waals surface area contributed by atoms with Crippen molar-refractivity contribution in [1.29, 1.82) is 0 Å². The first-order valence-electron chi connectivity index (χ1n) is 8.25. The van der Waals surface area contributed by atoms with E-state index >= 15 is 0 Å². The Labute approximate surface area is 145 Å². The molecule has 1 aliphatic heterocycles. The number of likely N-dealkylation sites (tertiary alicyclic amines) is 1. The summed E-state index contributed by atoms with van der Waals surface area (Å²) in [7, 11) is 1.73. The van der Waals surface area contributed by atoms with Crippen molar-refractivity contribution >= 4 is 11.8 Å². The predicted molar refractivity (Wildman–Crippen MR) is 91.3 cm³/mol. The molecule has 6 nitrogen and oxygen atoms in total. The quantitative estimate of drug-likeness (QED) is 0.922. The number of hydrogen-bond donors (Lipinski definition) is 1. The third-order valence-electron chi connectivity index (χ3n) is 4.37. The number of nitrogens with zero attached hydrogens (tertiary/aromatic N) is 3. The summed E-state index contributed by atoms with van der Waals surface area (Å²) in [5.74, 6) is -0.579. The van der Waals surface area contributed by atoms with E-state index in [1.54, 1.807) is 34.8 Å². The molecule has 1 aromatic carbocycles. The summed E-state index contributed by atoms with van der Waals surface area (Å²) in [6, 6.07) is 7.60. The van der Waals surface area contributed by atoms with E-state index in [0.29, 0.717) is 13.0 Å². The molecule has 2 amide bonds. The molecule has 0 aliphatic carbocycles. The van der Waals surface area contributed by atoms with Crippen molar-refractivity contribution in [2.45, 2.75) is 32.4 Å². The van der Waals surface area contributed by atoms with Gasteiger partial charge in [-0.15, -0.1) is 0 Å². The summed E-state index contributed by atoms with van der Waals surface area (Å²) in [4.78, 5) is 26.2. The van der Waals surface area contributed by atoms with Crippen molar-refractivity contribution in [3.63, 3.8) is 0 Å². The number of rotatable bonds is 4. The zero-order valence-corrected chi connectivity index (χ0v) is 14.5. The second kappa shape index (κ2) is 6.66. The normalized spacial score (nSPS) is 17.4. The van der Waals surface area contributed by atoms with Crippen LogP contribution >= 0.6 is 0 Å². The number of carbonyl (C=O) groups excluding carboxylic acids is 2. The molecule has 0 bridgehead atoms. The van der Waals surface area contributed by atoms with Crippen molar-refractivity contribution in [2.24, 2.45) is 7.05 Å². The molecular formula is C18H21FN4O2. The van der Waals surface area contributed by atoms with Crippen molar-refractivity contribution in [2.75, 3.05) is 6.54 Å². The number of hydrogen-bond acceptors (Lipinski definition) is 3. The number of halogens is 1. The predicted octanol–water partition coefficient (Wildman–Crippen LogP) is 1.97. The number of aryl methyl sites for hydroxylation is 1. The molecule has 1 N–H and O–H groups in total. The lowest BCUT2D eigenvalue weighted by molar-refractivity contribution is -0.129. The molecule has 3 rings (SSSR count). The minimum Gasteiger partial charge on any atom is -0.346 e. The number of amides is 2. The van der Waals surface area contributed by atoms with Gasteiger partial charge in [0.1, 0.15) is 5.82 Å². The second-order valence-corrected chi connectivity index (χ2v) is 6.56. The highest BCUT2D eigenvalue weighted by molar-refractivity contribution is 5.94. The molecule has 1 atom stereocenters. The summed E-state index contributed by atoms with van der Waals surface area (Å²) >= 11 is 0. The third kappa shape index (κ3) is 3.55. The van der Waals surface area contributed by atoms with E-state index in [2.05, 4.69) is 10.4 Å². The van der Waals surface area contributed by atoms with Gasteiger partial charge in [0.2, 0.25) is 5.91 Å². The van der Waals surface area contributed by atoms with Gasteiger partial charge in [-0.05, 0) is 49.7 Å². The Morgan fingerprint density at radius 3 is 2.60 bits per heavy atom. The van der Waals surface area contributed by atoms with Crippen LogP contribution in [0.3, 0.4) is 0 Å². The van der Waals surface area contributed by atoms with E-state index in [1.807, 2.05) is 13.8 Å². The average Bonchev–Trinajstić information content (AvgIpc) is 3.11. The van der Waals surface area contributed by atoms with Gasteiger partial charge >= 0.3 is 0 Å². The minimum absolute atomic E-state index is 0.0494. The smallest absolute Gasteiger partial charge is 0.272 e. The van der Waals surface area contributed by atoms with Gasteiger partial charge in [0.25, 0.3) is 5.91 Å². The lowest BCUT2D eigenvalue weighted by Crippen LogP contribution is -2.39. The molecular weight excluding hydrogens is 323 g/mol. The van der Waals surface area contributed by atoms with Crippen molar-refractivity contribution < 1.29 is 14.0 Å². The average molecular weight is 344 g/mol. The molecule has 1 aliphatic rings. The SMILES string of the molecule is CC(C)N1CC(NC(=O)c2cc(-c3ccc(F)cc3)n(C)n2)CC1=O. The Morgan fingerprint density at radius 1 is 1.32 bits per heavy atom. The summed E-state index contributed by atoms with van der Waals surface area (Å²) in [6.07, 6.45) is 0.307. The lowest BCUT2D eigenvalue weighted by Gasteiger charge is -2.20. The number of aromatic nitrogens is 2. The maximum atomic E-state index is 13.1. The number of benzene rings is 1. The zero-order chi connectivity index (χ0) is 18.1. The topological polar surface area (TPSA) is 67.2 Å². The third-order valence-corrected chi connectivity index (χ3v) is 4.37. The first-order valence-corrected chi connectivity index (χ1v) is 8.25. The molecule has 0 spiro atoms. The van der Waals surface area contributed by atoms with Crippen molar-refractivity contribution in [3.05, 3.63) is 41.8 Å². The van der Waals surface area contributed by atoms with E-state index in [-0.39, 0.29) is 35.4 Å². The van der Waals surface area contributed by atoms with Crippen molar-refractivity contribution in [1.82, 2.24) is 20.0 Å². The molecule has 1 aromatic heterocycles. The fourth-order valence-electron chi connectivity index (χ4n) is 3.06. The fourth-order valence-corrected chi connectivity index (χ4v) is 3.06. The molecule has 1 unspecified atom stereocenters. The largest absolute Gasteiger partial charge is 0.346 e. The van der Waals surface area contributed by atoms with Gasteiger partial charge in [-0.3, -0.25) is 14.3 Å². The lowest BCUT2D eigenvalue weighted by atomic mass is 10.1. The highest BCUT2D eigenvalue weighted by Gasteiger charge is 2.32. The van der Waals surface area contributed by atoms with E-state index in [4.69, 9.17) is 0 Å². The van der Waals surface area contributed by atoms with Crippen LogP contribution in [0.5, 0.6) is 0 Å². The highest BCUT2D eigenvalue weighted by atomic mass is 19.1. The highest BCUT2D eigenvalue weighted by Crippen LogP contribution is 2.21. The molecule has 25 heavy (non-hydrogen) atoms. The van der Waals surface area contributed by atoms with Crippen LogP contribution in [-0.2, 0) is 11.8 Å². The van der Waals surface area contributed by atoms with Crippen LogP contribution in [0.1, 0.15) is 30.8 Å².